The Hall–Kier alpha value is -0.530. The molecule has 2 atom stereocenters. The Kier molecular flexibility index (Phi) is 4.62. The van der Waals surface area contributed by atoms with E-state index in [0.29, 0.717) is 6.04 Å². The third kappa shape index (κ3) is 2.73. The molecule has 1 aromatic rings. The quantitative estimate of drug-likeness (QED) is 0.709. The summed E-state index contributed by atoms with van der Waals surface area (Å²) >= 11 is 0. The highest BCUT2D eigenvalue weighted by Gasteiger charge is 2.26. The number of likely N-dealkylation sites (N-methyl/N-ethyl adjacent to an activating group) is 1. The van der Waals surface area contributed by atoms with Crippen molar-refractivity contribution >= 4 is 12.4 Å². The first kappa shape index (κ1) is 12.5. The lowest BCUT2D eigenvalue weighted by molar-refractivity contribution is 0.174. The predicted molar refractivity (Wildman–Crippen MR) is 67.8 cm³/mol. The van der Waals surface area contributed by atoms with Crippen molar-refractivity contribution in [2.24, 2.45) is 0 Å². The molecule has 0 aliphatic carbocycles. The fourth-order valence-electron chi connectivity index (χ4n) is 2.46. The summed E-state index contributed by atoms with van der Waals surface area (Å²) in [6.45, 7) is 3.60. The molecule has 1 nitrogen and oxygen atoms in total. The zero-order valence-electron chi connectivity index (χ0n) is 9.52. The topological polar surface area (TPSA) is 3.24 Å². The minimum atomic E-state index is 0. The van der Waals surface area contributed by atoms with Gasteiger partial charge in [-0.15, -0.1) is 12.4 Å². The van der Waals surface area contributed by atoms with Gasteiger partial charge in [-0.25, -0.2) is 0 Å². The Morgan fingerprint density at radius 2 is 1.87 bits per heavy atom. The Balaban J connectivity index is 0.00000112. The van der Waals surface area contributed by atoms with Crippen molar-refractivity contribution in [2.45, 2.75) is 31.7 Å². The van der Waals surface area contributed by atoms with Gasteiger partial charge < -0.3 is 4.90 Å². The standard InChI is InChI=1S/C13H19N.ClH/c1-11-13(9-6-10-14(11)2)12-7-4-3-5-8-12;/h3-5,7-8,11,13H,6,9-10H2,1-2H3;1H. The van der Waals surface area contributed by atoms with E-state index in [1.165, 1.54) is 24.9 Å². The maximum Gasteiger partial charge on any atom is 0.0133 e. The van der Waals surface area contributed by atoms with Gasteiger partial charge in [0.1, 0.15) is 0 Å². The summed E-state index contributed by atoms with van der Waals surface area (Å²) in [6, 6.07) is 11.6. The second kappa shape index (κ2) is 5.53. The Morgan fingerprint density at radius 1 is 1.20 bits per heavy atom. The number of piperidine rings is 1. The van der Waals surface area contributed by atoms with Gasteiger partial charge >= 0.3 is 0 Å². The van der Waals surface area contributed by atoms with Crippen LogP contribution in [0.2, 0.25) is 0 Å². The largest absolute Gasteiger partial charge is 0.303 e. The van der Waals surface area contributed by atoms with E-state index >= 15 is 0 Å². The van der Waals surface area contributed by atoms with Crippen LogP contribution in [0.1, 0.15) is 31.2 Å². The fourth-order valence-corrected chi connectivity index (χ4v) is 2.46. The van der Waals surface area contributed by atoms with E-state index in [1.54, 1.807) is 0 Å². The molecule has 0 aromatic heterocycles. The molecule has 1 fully saturated rings. The van der Waals surface area contributed by atoms with Crippen LogP contribution >= 0.6 is 12.4 Å². The van der Waals surface area contributed by atoms with Gasteiger partial charge in [0.2, 0.25) is 0 Å². The minimum Gasteiger partial charge on any atom is -0.303 e. The van der Waals surface area contributed by atoms with Gasteiger partial charge in [-0.05, 0) is 44.8 Å². The molecule has 2 rings (SSSR count). The van der Waals surface area contributed by atoms with E-state index in [9.17, 15) is 0 Å². The molecule has 15 heavy (non-hydrogen) atoms. The molecule has 2 heteroatoms. The van der Waals surface area contributed by atoms with Crippen LogP contribution in [-0.2, 0) is 0 Å². The number of likely N-dealkylation sites (tertiary alicyclic amines) is 1. The molecule has 0 saturated carbocycles. The second-order valence-electron chi connectivity index (χ2n) is 4.38. The van der Waals surface area contributed by atoms with Gasteiger partial charge in [0.15, 0.2) is 0 Å². The summed E-state index contributed by atoms with van der Waals surface area (Å²) in [5, 5.41) is 0. The van der Waals surface area contributed by atoms with Crippen molar-refractivity contribution in [3.05, 3.63) is 35.9 Å². The molecule has 0 radical (unpaired) electrons. The highest BCUT2D eigenvalue weighted by Crippen LogP contribution is 2.31. The van der Waals surface area contributed by atoms with E-state index in [1.807, 2.05) is 0 Å². The molecule has 2 unspecified atom stereocenters. The number of nitrogens with zero attached hydrogens (tertiary/aromatic N) is 1. The highest BCUT2D eigenvalue weighted by molar-refractivity contribution is 5.85. The number of benzene rings is 1. The predicted octanol–water partition coefficient (Wildman–Crippen LogP) is 3.31. The summed E-state index contributed by atoms with van der Waals surface area (Å²) in [5.41, 5.74) is 1.51. The average molecular weight is 226 g/mol. The van der Waals surface area contributed by atoms with E-state index < -0.39 is 0 Å². The lowest BCUT2D eigenvalue weighted by Gasteiger charge is -2.37. The Labute approximate surface area is 98.9 Å². The van der Waals surface area contributed by atoms with Crippen LogP contribution in [0.3, 0.4) is 0 Å². The van der Waals surface area contributed by atoms with Gasteiger partial charge in [0.25, 0.3) is 0 Å². The number of hydrogen-bond acceptors (Lipinski definition) is 1. The van der Waals surface area contributed by atoms with Crippen LogP contribution in [0.25, 0.3) is 0 Å². The third-order valence-corrected chi connectivity index (χ3v) is 3.53. The Morgan fingerprint density at radius 3 is 2.53 bits per heavy atom. The van der Waals surface area contributed by atoms with Crippen molar-refractivity contribution in [1.82, 2.24) is 4.90 Å². The van der Waals surface area contributed by atoms with Crippen LogP contribution in [0.15, 0.2) is 30.3 Å². The van der Waals surface area contributed by atoms with Crippen molar-refractivity contribution in [3.8, 4) is 0 Å². The minimum absolute atomic E-state index is 0. The van der Waals surface area contributed by atoms with Crippen LogP contribution in [0.5, 0.6) is 0 Å². The number of hydrogen-bond donors (Lipinski definition) is 0. The molecule has 1 heterocycles. The van der Waals surface area contributed by atoms with Crippen molar-refractivity contribution in [2.75, 3.05) is 13.6 Å². The zero-order valence-corrected chi connectivity index (χ0v) is 10.3. The van der Waals surface area contributed by atoms with Crippen molar-refractivity contribution in [1.29, 1.82) is 0 Å². The molecule has 0 spiro atoms. The van der Waals surface area contributed by atoms with Crippen LogP contribution in [-0.4, -0.2) is 24.5 Å². The van der Waals surface area contributed by atoms with Gasteiger partial charge in [-0.1, -0.05) is 30.3 Å². The van der Waals surface area contributed by atoms with Gasteiger partial charge in [-0.3, -0.25) is 0 Å². The summed E-state index contributed by atoms with van der Waals surface area (Å²) in [6.07, 6.45) is 2.68. The summed E-state index contributed by atoms with van der Waals surface area (Å²) in [7, 11) is 2.24. The van der Waals surface area contributed by atoms with E-state index in [2.05, 4.69) is 49.2 Å². The summed E-state index contributed by atoms with van der Waals surface area (Å²) < 4.78 is 0. The number of rotatable bonds is 1. The Bertz CT molecular complexity index is 286. The summed E-state index contributed by atoms with van der Waals surface area (Å²) in [5.74, 6) is 0.731. The van der Waals surface area contributed by atoms with Crippen LogP contribution in [0.4, 0.5) is 0 Å². The van der Waals surface area contributed by atoms with E-state index in [-0.39, 0.29) is 12.4 Å². The molecular formula is C13H20ClN. The monoisotopic (exact) mass is 225 g/mol. The maximum absolute atomic E-state index is 2.47. The van der Waals surface area contributed by atoms with Gasteiger partial charge in [-0.2, -0.15) is 0 Å². The molecule has 84 valence electrons. The lowest BCUT2D eigenvalue weighted by Crippen LogP contribution is -2.39. The van der Waals surface area contributed by atoms with Crippen LogP contribution in [0, 0.1) is 0 Å². The molecule has 1 aliphatic rings. The van der Waals surface area contributed by atoms with Crippen LogP contribution < -0.4 is 0 Å². The molecule has 1 aliphatic heterocycles. The number of halogens is 1. The SMILES string of the molecule is CC1C(c2ccccc2)CCCN1C.Cl. The van der Waals surface area contributed by atoms with Crippen molar-refractivity contribution in [3.63, 3.8) is 0 Å². The molecule has 0 N–H and O–H groups in total. The van der Waals surface area contributed by atoms with E-state index in [4.69, 9.17) is 0 Å². The normalized spacial score (nSPS) is 27.1. The highest BCUT2D eigenvalue weighted by atomic mass is 35.5. The molecule has 0 bridgehead atoms. The average Bonchev–Trinajstić information content (AvgIpc) is 2.23. The first-order chi connectivity index (χ1) is 6.79. The third-order valence-electron chi connectivity index (χ3n) is 3.53. The fraction of sp³-hybridized carbons (Fsp3) is 0.538. The lowest BCUT2D eigenvalue weighted by atomic mass is 9.85. The molecular weight excluding hydrogens is 206 g/mol. The first-order valence-corrected chi connectivity index (χ1v) is 5.54. The first-order valence-electron chi connectivity index (χ1n) is 5.54. The molecule has 0 amide bonds. The van der Waals surface area contributed by atoms with Crippen molar-refractivity contribution < 1.29 is 0 Å². The molecule has 1 aromatic carbocycles. The van der Waals surface area contributed by atoms with E-state index in [0.717, 1.165) is 5.92 Å². The zero-order chi connectivity index (χ0) is 9.97. The summed E-state index contributed by atoms with van der Waals surface area (Å²) in [4.78, 5) is 2.47. The van der Waals surface area contributed by atoms with Gasteiger partial charge in [0.05, 0.1) is 0 Å². The smallest absolute Gasteiger partial charge is 0.0133 e. The second-order valence-corrected chi connectivity index (χ2v) is 4.38. The maximum atomic E-state index is 2.47. The van der Waals surface area contributed by atoms with Gasteiger partial charge in [0, 0.05) is 6.04 Å². The molecule has 1 saturated heterocycles.